The van der Waals surface area contributed by atoms with Gasteiger partial charge >= 0.3 is 0 Å². The number of carbonyl (C=O) groups is 1. The fourth-order valence-electron chi connectivity index (χ4n) is 1.63. The average Bonchev–Trinajstić information content (AvgIpc) is 2.43. The number of amides is 1. The van der Waals surface area contributed by atoms with Crippen molar-refractivity contribution in [1.82, 2.24) is 5.32 Å². The molecule has 1 aromatic carbocycles. The van der Waals surface area contributed by atoms with Gasteiger partial charge in [-0.2, -0.15) is 0 Å². The lowest BCUT2D eigenvalue weighted by Gasteiger charge is -2.11. The number of aliphatic hydroxyl groups is 1. The Morgan fingerprint density at radius 1 is 1.32 bits per heavy atom. The van der Waals surface area contributed by atoms with Gasteiger partial charge in [-0.15, -0.1) is 0 Å². The molecular formula is C14H21NO4. The van der Waals surface area contributed by atoms with E-state index >= 15 is 0 Å². The van der Waals surface area contributed by atoms with E-state index in [4.69, 9.17) is 14.6 Å². The topological polar surface area (TPSA) is 67.8 Å². The molecule has 0 bridgehead atoms. The first-order valence-electron chi connectivity index (χ1n) is 6.42. The highest BCUT2D eigenvalue weighted by molar-refractivity contribution is 5.94. The van der Waals surface area contributed by atoms with Crippen molar-refractivity contribution >= 4 is 5.91 Å². The van der Waals surface area contributed by atoms with E-state index in [2.05, 4.69) is 5.32 Å². The minimum atomic E-state index is -0.151. The van der Waals surface area contributed by atoms with E-state index in [0.29, 0.717) is 36.6 Å². The molecular weight excluding hydrogens is 246 g/mol. The molecule has 106 valence electrons. The van der Waals surface area contributed by atoms with Crippen molar-refractivity contribution < 1.29 is 19.4 Å². The Labute approximate surface area is 113 Å². The number of ether oxygens (including phenoxy) is 2. The lowest BCUT2D eigenvalue weighted by Crippen LogP contribution is -2.24. The Kier molecular flexibility index (Phi) is 6.74. The maximum absolute atomic E-state index is 11.9. The number of rotatable bonds is 8. The molecule has 5 heteroatoms. The summed E-state index contributed by atoms with van der Waals surface area (Å²) in [5, 5.41) is 11.5. The number of hydrogen-bond donors (Lipinski definition) is 2. The molecule has 1 aromatic rings. The van der Waals surface area contributed by atoms with Crippen molar-refractivity contribution in [2.45, 2.75) is 19.8 Å². The van der Waals surface area contributed by atoms with E-state index in [1.54, 1.807) is 25.3 Å². The van der Waals surface area contributed by atoms with E-state index in [1.807, 2.05) is 6.92 Å². The highest BCUT2D eigenvalue weighted by atomic mass is 16.5. The van der Waals surface area contributed by atoms with E-state index in [1.165, 1.54) is 0 Å². The van der Waals surface area contributed by atoms with Gasteiger partial charge in [0, 0.05) is 18.7 Å². The van der Waals surface area contributed by atoms with Crippen LogP contribution in [0.5, 0.6) is 11.5 Å². The second kappa shape index (κ2) is 8.37. The van der Waals surface area contributed by atoms with Crippen molar-refractivity contribution in [3.8, 4) is 11.5 Å². The quantitative estimate of drug-likeness (QED) is 0.702. The van der Waals surface area contributed by atoms with Crippen molar-refractivity contribution in [2.24, 2.45) is 0 Å². The van der Waals surface area contributed by atoms with Gasteiger partial charge < -0.3 is 19.9 Å². The summed E-state index contributed by atoms with van der Waals surface area (Å²) in [5.74, 6) is 1.02. The van der Waals surface area contributed by atoms with Crippen LogP contribution in [0.2, 0.25) is 0 Å². The van der Waals surface area contributed by atoms with Crippen molar-refractivity contribution in [3.63, 3.8) is 0 Å². The first-order chi connectivity index (χ1) is 9.22. The number of nitrogens with one attached hydrogen (secondary N) is 1. The van der Waals surface area contributed by atoms with Crippen LogP contribution in [0.25, 0.3) is 0 Å². The number of aliphatic hydroxyl groups excluding tert-OH is 1. The largest absolute Gasteiger partial charge is 0.493 e. The third-order valence-corrected chi connectivity index (χ3v) is 2.60. The predicted molar refractivity (Wildman–Crippen MR) is 72.8 cm³/mol. The van der Waals surface area contributed by atoms with Crippen LogP contribution in [0.3, 0.4) is 0 Å². The van der Waals surface area contributed by atoms with Crippen LogP contribution in [-0.4, -0.2) is 37.9 Å². The van der Waals surface area contributed by atoms with Gasteiger partial charge in [0.25, 0.3) is 5.91 Å². The normalized spacial score (nSPS) is 10.1. The summed E-state index contributed by atoms with van der Waals surface area (Å²) in [6.45, 7) is 3.08. The second-order valence-electron chi connectivity index (χ2n) is 3.99. The third-order valence-electron chi connectivity index (χ3n) is 2.60. The second-order valence-corrected chi connectivity index (χ2v) is 3.99. The molecule has 0 aromatic heterocycles. The highest BCUT2D eigenvalue weighted by Crippen LogP contribution is 2.27. The molecule has 0 saturated carbocycles. The molecule has 0 unspecified atom stereocenters. The molecule has 0 fully saturated rings. The summed E-state index contributed by atoms with van der Waals surface area (Å²) in [4.78, 5) is 11.9. The van der Waals surface area contributed by atoms with Crippen LogP contribution in [0.4, 0.5) is 0 Å². The molecule has 5 nitrogen and oxygen atoms in total. The van der Waals surface area contributed by atoms with Crippen molar-refractivity contribution in [3.05, 3.63) is 23.8 Å². The molecule has 0 atom stereocenters. The van der Waals surface area contributed by atoms with Crippen molar-refractivity contribution in [2.75, 3.05) is 26.9 Å². The Morgan fingerprint density at radius 3 is 2.74 bits per heavy atom. The summed E-state index contributed by atoms with van der Waals surface area (Å²) >= 11 is 0. The summed E-state index contributed by atoms with van der Waals surface area (Å²) in [6.07, 6.45) is 1.45. The zero-order chi connectivity index (χ0) is 14.1. The van der Waals surface area contributed by atoms with Crippen LogP contribution < -0.4 is 14.8 Å². The SMILES string of the molecule is CCOc1cc(C(=O)NCCCCO)ccc1OC. The summed E-state index contributed by atoms with van der Waals surface area (Å²) < 4.78 is 10.6. The molecule has 2 N–H and O–H groups in total. The fraction of sp³-hybridized carbons (Fsp3) is 0.500. The third kappa shape index (κ3) is 4.79. The minimum absolute atomic E-state index is 0.146. The molecule has 0 heterocycles. The maximum atomic E-state index is 11.9. The Bertz CT molecular complexity index is 406. The van der Waals surface area contributed by atoms with Gasteiger partial charge in [0.05, 0.1) is 13.7 Å². The molecule has 19 heavy (non-hydrogen) atoms. The minimum Gasteiger partial charge on any atom is -0.493 e. The number of unbranched alkanes of at least 4 members (excludes halogenated alkanes) is 1. The number of benzene rings is 1. The van der Waals surface area contributed by atoms with Crippen LogP contribution in [0.15, 0.2) is 18.2 Å². The van der Waals surface area contributed by atoms with Gasteiger partial charge in [-0.1, -0.05) is 0 Å². The summed E-state index contributed by atoms with van der Waals surface area (Å²) in [6, 6.07) is 5.08. The first-order valence-corrected chi connectivity index (χ1v) is 6.42. The molecule has 0 radical (unpaired) electrons. The Balaban J connectivity index is 2.66. The van der Waals surface area contributed by atoms with Gasteiger partial charge in [-0.25, -0.2) is 0 Å². The van der Waals surface area contributed by atoms with Crippen LogP contribution in [0, 0.1) is 0 Å². The number of methoxy groups -OCH3 is 1. The Morgan fingerprint density at radius 2 is 2.11 bits per heavy atom. The van der Waals surface area contributed by atoms with Crippen LogP contribution in [0.1, 0.15) is 30.1 Å². The highest BCUT2D eigenvalue weighted by Gasteiger charge is 2.10. The smallest absolute Gasteiger partial charge is 0.251 e. The van der Waals surface area contributed by atoms with Crippen LogP contribution in [-0.2, 0) is 0 Å². The Hall–Kier alpha value is -1.75. The molecule has 0 aliphatic carbocycles. The molecule has 1 rings (SSSR count). The summed E-state index contributed by atoms with van der Waals surface area (Å²) in [5.41, 5.74) is 0.535. The zero-order valence-corrected chi connectivity index (χ0v) is 11.4. The average molecular weight is 267 g/mol. The van der Waals surface area contributed by atoms with Crippen molar-refractivity contribution in [1.29, 1.82) is 0 Å². The number of hydrogen-bond acceptors (Lipinski definition) is 4. The van der Waals surface area contributed by atoms with Gasteiger partial charge in [0.1, 0.15) is 0 Å². The fourth-order valence-corrected chi connectivity index (χ4v) is 1.63. The monoisotopic (exact) mass is 267 g/mol. The van der Waals surface area contributed by atoms with Gasteiger partial charge in [0.15, 0.2) is 11.5 Å². The predicted octanol–water partition coefficient (Wildman–Crippen LogP) is 1.60. The maximum Gasteiger partial charge on any atom is 0.251 e. The molecule has 1 amide bonds. The summed E-state index contributed by atoms with van der Waals surface area (Å²) in [7, 11) is 1.56. The standard InChI is InChI=1S/C14H21NO4/c1-3-19-13-10-11(6-7-12(13)18-2)14(17)15-8-4-5-9-16/h6-7,10,16H,3-5,8-9H2,1-2H3,(H,15,17). The number of carbonyl (C=O) groups excluding carboxylic acids is 1. The van der Waals surface area contributed by atoms with E-state index in [9.17, 15) is 4.79 Å². The molecule has 0 aliphatic rings. The first kappa shape index (κ1) is 15.3. The lowest BCUT2D eigenvalue weighted by atomic mass is 10.2. The van der Waals surface area contributed by atoms with E-state index < -0.39 is 0 Å². The van der Waals surface area contributed by atoms with E-state index in [0.717, 1.165) is 6.42 Å². The zero-order valence-electron chi connectivity index (χ0n) is 11.4. The van der Waals surface area contributed by atoms with E-state index in [-0.39, 0.29) is 12.5 Å². The van der Waals surface area contributed by atoms with Gasteiger partial charge in [-0.05, 0) is 38.0 Å². The molecule has 0 aliphatic heterocycles. The van der Waals surface area contributed by atoms with Crippen LogP contribution >= 0.6 is 0 Å². The lowest BCUT2D eigenvalue weighted by molar-refractivity contribution is 0.0951. The van der Waals surface area contributed by atoms with Gasteiger partial charge in [0.2, 0.25) is 0 Å². The molecule has 0 spiro atoms. The van der Waals surface area contributed by atoms with Gasteiger partial charge in [-0.3, -0.25) is 4.79 Å². The molecule has 0 saturated heterocycles.